The molecule has 1 aromatic rings. The third kappa shape index (κ3) is 2.02. The number of hydrogen-bond acceptors (Lipinski definition) is 6. The molecular formula is C8H16N4O2. The monoisotopic (exact) mass is 200 g/mol. The third-order valence-corrected chi connectivity index (χ3v) is 2.16. The Bertz CT molecular complexity index is 289. The van der Waals surface area contributed by atoms with Crippen LogP contribution in [0.2, 0.25) is 0 Å². The fourth-order valence-electron chi connectivity index (χ4n) is 1.14. The molecule has 1 atom stereocenters. The van der Waals surface area contributed by atoms with Gasteiger partial charge in [0.25, 0.3) is 0 Å². The second kappa shape index (κ2) is 4.39. The van der Waals surface area contributed by atoms with Crippen LogP contribution < -0.4 is 11.3 Å². The summed E-state index contributed by atoms with van der Waals surface area (Å²) in [6.45, 7) is 6.45. The van der Waals surface area contributed by atoms with Crippen LogP contribution in [0, 0.1) is 0 Å². The smallest absolute Gasteiger partial charge is 0.335 e. The van der Waals surface area contributed by atoms with Crippen LogP contribution >= 0.6 is 0 Å². The normalized spacial score (nSPS) is 15.1. The van der Waals surface area contributed by atoms with Gasteiger partial charge in [-0.1, -0.05) is 12.1 Å². The molecule has 1 unspecified atom stereocenters. The van der Waals surface area contributed by atoms with Crippen molar-refractivity contribution >= 4 is 6.01 Å². The summed E-state index contributed by atoms with van der Waals surface area (Å²) in [5.74, 6) is 5.64. The second-order valence-corrected chi connectivity index (χ2v) is 3.08. The van der Waals surface area contributed by atoms with E-state index in [1.165, 1.54) is 0 Å². The van der Waals surface area contributed by atoms with Gasteiger partial charge in [-0.3, -0.25) is 5.43 Å². The van der Waals surface area contributed by atoms with Crippen LogP contribution in [0.25, 0.3) is 0 Å². The van der Waals surface area contributed by atoms with E-state index in [1.807, 2.05) is 20.8 Å². The Morgan fingerprint density at radius 3 is 2.71 bits per heavy atom. The topological polar surface area (TPSA) is 86.2 Å². The van der Waals surface area contributed by atoms with E-state index in [0.717, 1.165) is 6.42 Å². The van der Waals surface area contributed by atoms with E-state index in [1.54, 1.807) is 0 Å². The lowest BCUT2D eigenvalue weighted by molar-refractivity contribution is -0.0403. The van der Waals surface area contributed by atoms with Gasteiger partial charge in [0.05, 0.1) is 0 Å². The number of rotatable bonds is 5. The molecule has 0 amide bonds. The number of hydrazine groups is 1. The molecule has 0 aliphatic carbocycles. The van der Waals surface area contributed by atoms with E-state index < -0.39 is 5.60 Å². The maximum Gasteiger partial charge on any atom is 0.335 e. The van der Waals surface area contributed by atoms with Crippen molar-refractivity contribution in [2.75, 3.05) is 12.0 Å². The number of nitrogens with zero attached hydrogens (tertiary/aromatic N) is 2. The zero-order valence-corrected chi connectivity index (χ0v) is 8.70. The fraction of sp³-hybridized carbons (Fsp3) is 0.750. The third-order valence-electron chi connectivity index (χ3n) is 2.16. The first-order chi connectivity index (χ1) is 6.66. The fourth-order valence-corrected chi connectivity index (χ4v) is 1.14. The molecule has 0 bridgehead atoms. The standard InChI is InChI=1S/C8H16N4O2/c1-4-8(3,13-5-2)6-10-7(11-9)14-12-6/h4-5,9H2,1-3H3,(H,10,11,12). The number of nitrogens with one attached hydrogen (secondary N) is 1. The van der Waals surface area contributed by atoms with Crippen molar-refractivity contribution in [3.63, 3.8) is 0 Å². The first-order valence-corrected chi connectivity index (χ1v) is 4.61. The van der Waals surface area contributed by atoms with Gasteiger partial charge in [-0.25, -0.2) is 5.84 Å². The average molecular weight is 200 g/mol. The molecule has 0 aliphatic rings. The number of aromatic nitrogens is 2. The van der Waals surface area contributed by atoms with Crippen molar-refractivity contribution in [2.45, 2.75) is 32.8 Å². The predicted molar refractivity (Wildman–Crippen MR) is 51.4 cm³/mol. The van der Waals surface area contributed by atoms with Gasteiger partial charge in [0.2, 0.25) is 5.82 Å². The lowest BCUT2D eigenvalue weighted by atomic mass is 10.0. The largest absolute Gasteiger partial charge is 0.367 e. The Labute approximate surface area is 82.8 Å². The zero-order valence-electron chi connectivity index (χ0n) is 8.70. The molecule has 6 heteroatoms. The van der Waals surface area contributed by atoms with Gasteiger partial charge < -0.3 is 9.26 Å². The van der Waals surface area contributed by atoms with E-state index in [-0.39, 0.29) is 6.01 Å². The molecule has 14 heavy (non-hydrogen) atoms. The molecule has 0 saturated carbocycles. The zero-order chi connectivity index (χ0) is 10.6. The van der Waals surface area contributed by atoms with Crippen LogP contribution in [0.4, 0.5) is 6.01 Å². The van der Waals surface area contributed by atoms with Gasteiger partial charge in [0.1, 0.15) is 5.60 Å². The molecule has 0 radical (unpaired) electrons. The molecule has 0 aliphatic heterocycles. The summed E-state index contributed by atoms with van der Waals surface area (Å²) in [5, 5.41) is 3.79. The molecule has 80 valence electrons. The average Bonchev–Trinajstić information content (AvgIpc) is 2.66. The molecule has 0 fully saturated rings. The number of ether oxygens (including phenoxy) is 1. The highest BCUT2D eigenvalue weighted by Crippen LogP contribution is 2.26. The van der Waals surface area contributed by atoms with E-state index in [0.29, 0.717) is 12.4 Å². The lowest BCUT2D eigenvalue weighted by Gasteiger charge is -2.23. The van der Waals surface area contributed by atoms with E-state index in [2.05, 4.69) is 15.6 Å². The van der Waals surface area contributed by atoms with E-state index in [9.17, 15) is 0 Å². The van der Waals surface area contributed by atoms with Crippen LogP contribution in [-0.4, -0.2) is 16.7 Å². The minimum absolute atomic E-state index is 0.194. The molecule has 0 saturated heterocycles. The molecule has 6 nitrogen and oxygen atoms in total. The van der Waals surface area contributed by atoms with Crippen LogP contribution in [0.15, 0.2) is 4.52 Å². The van der Waals surface area contributed by atoms with Gasteiger partial charge in [-0.05, 0) is 20.3 Å². The van der Waals surface area contributed by atoms with Gasteiger partial charge in [0, 0.05) is 6.61 Å². The summed E-state index contributed by atoms with van der Waals surface area (Å²) in [5.41, 5.74) is 1.78. The summed E-state index contributed by atoms with van der Waals surface area (Å²) < 4.78 is 10.4. The molecule has 1 rings (SSSR count). The lowest BCUT2D eigenvalue weighted by Crippen LogP contribution is -2.26. The van der Waals surface area contributed by atoms with Crippen LogP contribution in [-0.2, 0) is 10.3 Å². The first kappa shape index (κ1) is 10.9. The van der Waals surface area contributed by atoms with Crippen LogP contribution in [0.1, 0.15) is 33.0 Å². The van der Waals surface area contributed by atoms with Crippen LogP contribution in [0.5, 0.6) is 0 Å². The van der Waals surface area contributed by atoms with Crippen molar-refractivity contribution in [3.05, 3.63) is 5.82 Å². The van der Waals surface area contributed by atoms with Gasteiger partial charge >= 0.3 is 6.01 Å². The highest BCUT2D eigenvalue weighted by Gasteiger charge is 2.30. The molecule has 1 heterocycles. The summed E-state index contributed by atoms with van der Waals surface area (Å²) in [4.78, 5) is 4.05. The number of nitrogen functional groups attached to an aromatic ring is 1. The summed E-state index contributed by atoms with van der Waals surface area (Å²) >= 11 is 0. The molecule has 0 spiro atoms. The Morgan fingerprint density at radius 1 is 1.57 bits per heavy atom. The SMILES string of the molecule is CCOC(C)(CC)c1noc(NN)n1. The molecule has 1 aromatic heterocycles. The minimum atomic E-state index is -0.507. The van der Waals surface area contributed by atoms with Crippen molar-refractivity contribution < 1.29 is 9.26 Å². The maximum absolute atomic E-state index is 5.57. The Kier molecular flexibility index (Phi) is 3.43. The van der Waals surface area contributed by atoms with Gasteiger partial charge in [0.15, 0.2) is 0 Å². The second-order valence-electron chi connectivity index (χ2n) is 3.08. The molecular weight excluding hydrogens is 184 g/mol. The van der Waals surface area contributed by atoms with Crippen molar-refractivity contribution in [2.24, 2.45) is 5.84 Å². The highest BCUT2D eigenvalue weighted by molar-refractivity contribution is 5.17. The van der Waals surface area contributed by atoms with Gasteiger partial charge in [-0.2, -0.15) is 4.98 Å². The van der Waals surface area contributed by atoms with Gasteiger partial charge in [-0.15, -0.1) is 0 Å². The summed E-state index contributed by atoms with van der Waals surface area (Å²) in [6, 6.07) is 0.194. The number of anilines is 1. The Balaban J connectivity index is 2.87. The van der Waals surface area contributed by atoms with E-state index >= 15 is 0 Å². The van der Waals surface area contributed by atoms with Crippen molar-refractivity contribution in [1.29, 1.82) is 0 Å². The summed E-state index contributed by atoms with van der Waals surface area (Å²) in [6.07, 6.45) is 0.768. The summed E-state index contributed by atoms with van der Waals surface area (Å²) in [7, 11) is 0. The maximum atomic E-state index is 5.57. The van der Waals surface area contributed by atoms with Crippen LogP contribution in [0.3, 0.4) is 0 Å². The highest BCUT2D eigenvalue weighted by atomic mass is 16.5. The molecule has 3 N–H and O–H groups in total. The predicted octanol–water partition coefficient (Wildman–Crippen LogP) is 1.02. The van der Waals surface area contributed by atoms with Crippen molar-refractivity contribution in [1.82, 2.24) is 10.1 Å². The Morgan fingerprint density at radius 2 is 2.29 bits per heavy atom. The number of hydrogen-bond donors (Lipinski definition) is 2. The quantitative estimate of drug-likeness (QED) is 0.545. The number of nitrogens with two attached hydrogens (primary N) is 1. The minimum Gasteiger partial charge on any atom is -0.367 e. The molecule has 0 aromatic carbocycles. The first-order valence-electron chi connectivity index (χ1n) is 4.61. The van der Waals surface area contributed by atoms with E-state index in [4.69, 9.17) is 15.1 Å². The Hall–Kier alpha value is -1.14. The van der Waals surface area contributed by atoms with Crippen molar-refractivity contribution in [3.8, 4) is 0 Å².